The molecular formula is C17H25IN4O3. The first-order valence-corrected chi connectivity index (χ1v) is 8.00. The molecule has 3 N–H and O–H groups in total. The van der Waals surface area contributed by atoms with Gasteiger partial charge in [0.15, 0.2) is 11.7 Å². The van der Waals surface area contributed by atoms with E-state index in [1.807, 2.05) is 19.1 Å². The highest BCUT2D eigenvalue weighted by atomic mass is 127. The summed E-state index contributed by atoms with van der Waals surface area (Å²) in [5.41, 5.74) is 0.840. The molecule has 0 saturated heterocycles. The average molecular weight is 460 g/mol. The smallest absolute Gasteiger partial charge is 0.287 e. The lowest BCUT2D eigenvalue weighted by atomic mass is 10.2. The van der Waals surface area contributed by atoms with Crippen LogP contribution in [0.5, 0.6) is 0 Å². The van der Waals surface area contributed by atoms with Crippen LogP contribution in [0.15, 0.2) is 44.6 Å². The van der Waals surface area contributed by atoms with E-state index in [0.717, 1.165) is 36.7 Å². The zero-order chi connectivity index (χ0) is 17.2. The molecule has 0 aliphatic heterocycles. The molecule has 0 spiro atoms. The van der Waals surface area contributed by atoms with Crippen LogP contribution in [-0.2, 0) is 6.42 Å². The molecule has 7 nitrogen and oxygen atoms in total. The monoisotopic (exact) mass is 460 g/mol. The van der Waals surface area contributed by atoms with Crippen LogP contribution in [0.25, 0.3) is 0 Å². The second-order valence-corrected chi connectivity index (χ2v) is 5.30. The molecule has 2 rings (SSSR count). The van der Waals surface area contributed by atoms with Gasteiger partial charge >= 0.3 is 0 Å². The molecular weight excluding hydrogens is 435 g/mol. The van der Waals surface area contributed by atoms with Gasteiger partial charge < -0.3 is 24.8 Å². The number of nitrogens with one attached hydrogen (secondary N) is 3. The number of hydrogen-bond donors (Lipinski definition) is 3. The number of aliphatic imine (C=N–C) groups is 1. The van der Waals surface area contributed by atoms with Crippen molar-refractivity contribution in [2.45, 2.75) is 19.8 Å². The van der Waals surface area contributed by atoms with E-state index in [0.29, 0.717) is 18.8 Å². The van der Waals surface area contributed by atoms with Crippen LogP contribution < -0.4 is 16.0 Å². The van der Waals surface area contributed by atoms with E-state index >= 15 is 0 Å². The van der Waals surface area contributed by atoms with E-state index in [1.54, 1.807) is 19.4 Å². The molecule has 0 unspecified atom stereocenters. The van der Waals surface area contributed by atoms with Crippen molar-refractivity contribution in [2.24, 2.45) is 4.99 Å². The lowest BCUT2D eigenvalue weighted by Gasteiger charge is -2.11. The van der Waals surface area contributed by atoms with Crippen LogP contribution in [0.2, 0.25) is 0 Å². The van der Waals surface area contributed by atoms with Crippen LogP contribution in [-0.4, -0.2) is 38.5 Å². The Balaban J connectivity index is 0.00000312. The summed E-state index contributed by atoms with van der Waals surface area (Å²) >= 11 is 0. The highest BCUT2D eigenvalue weighted by molar-refractivity contribution is 14.0. The van der Waals surface area contributed by atoms with Crippen molar-refractivity contribution in [2.75, 3.05) is 26.7 Å². The van der Waals surface area contributed by atoms with Gasteiger partial charge in [-0.1, -0.05) is 0 Å². The standard InChI is InChI=1S/C17H24N4O3.HI/c1-13-7-12-24-15(13)16(22)19-8-4-9-20-17(18-2)21-10-6-14-5-3-11-23-14;/h3,5,7,11-12H,4,6,8-10H2,1-2H3,(H,19,22)(H2,18,20,21);1H. The molecule has 0 atom stereocenters. The highest BCUT2D eigenvalue weighted by Gasteiger charge is 2.11. The van der Waals surface area contributed by atoms with Crippen LogP contribution in [0.1, 0.15) is 28.3 Å². The molecule has 25 heavy (non-hydrogen) atoms. The molecule has 1 amide bonds. The number of nitrogens with zero attached hydrogens (tertiary/aromatic N) is 1. The summed E-state index contributed by atoms with van der Waals surface area (Å²) in [6, 6.07) is 5.59. The van der Waals surface area contributed by atoms with E-state index in [4.69, 9.17) is 8.83 Å². The van der Waals surface area contributed by atoms with Crippen molar-refractivity contribution < 1.29 is 13.6 Å². The molecule has 0 aliphatic rings. The zero-order valence-corrected chi connectivity index (χ0v) is 16.8. The molecule has 0 bridgehead atoms. The molecule has 0 aliphatic carbocycles. The Hall–Kier alpha value is -1.97. The number of hydrogen-bond acceptors (Lipinski definition) is 4. The second-order valence-electron chi connectivity index (χ2n) is 5.30. The lowest BCUT2D eigenvalue weighted by Crippen LogP contribution is -2.39. The summed E-state index contributed by atoms with van der Waals surface area (Å²) in [5.74, 6) is 1.86. The van der Waals surface area contributed by atoms with Crippen molar-refractivity contribution >= 4 is 35.8 Å². The molecule has 0 fully saturated rings. The summed E-state index contributed by atoms with van der Waals surface area (Å²) < 4.78 is 10.4. The number of halogens is 1. The molecule has 0 radical (unpaired) electrons. The van der Waals surface area contributed by atoms with Crippen molar-refractivity contribution in [3.63, 3.8) is 0 Å². The highest BCUT2D eigenvalue weighted by Crippen LogP contribution is 2.07. The molecule has 138 valence electrons. The Morgan fingerprint density at radius 3 is 2.48 bits per heavy atom. The third-order valence-electron chi connectivity index (χ3n) is 3.47. The molecule has 2 heterocycles. The first kappa shape index (κ1) is 21.1. The Kier molecular flexibility index (Phi) is 9.75. The van der Waals surface area contributed by atoms with Gasteiger partial charge in [0.05, 0.1) is 12.5 Å². The Labute approximate surface area is 164 Å². The maximum atomic E-state index is 11.9. The molecule has 2 aromatic rings. The fraction of sp³-hybridized carbons (Fsp3) is 0.412. The number of carbonyl (C=O) groups excluding carboxylic acids is 1. The van der Waals surface area contributed by atoms with Gasteiger partial charge in [-0.2, -0.15) is 0 Å². The van der Waals surface area contributed by atoms with E-state index in [2.05, 4.69) is 20.9 Å². The quantitative estimate of drug-likeness (QED) is 0.244. The average Bonchev–Trinajstić information content (AvgIpc) is 3.24. The number of aryl methyl sites for hydroxylation is 1. The van der Waals surface area contributed by atoms with Gasteiger partial charge in [-0.3, -0.25) is 9.79 Å². The number of furan rings is 2. The maximum Gasteiger partial charge on any atom is 0.287 e. The minimum atomic E-state index is -0.182. The predicted molar refractivity (Wildman–Crippen MR) is 108 cm³/mol. The minimum Gasteiger partial charge on any atom is -0.469 e. The van der Waals surface area contributed by atoms with Crippen molar-refractivity contribution in [1.82, 2.24) is 16.0 Å². The van der Waals surface area contributed by atoms with Crippen LogP contribution in [0, 0.1) is 6.92 Å². The van der Waals surface area contributed by atoms with Crippen molar-refractivity contribution in [3.05, 3.63) is 47.8 Å². The largest absolute Gasteiger partial charge is 0.469 e. The Bertz CT molecular complexity index is 653. The number of guanidine groups is 1. The fourth-order valence-electron chi connectivity index (χ4n) is 2.16. The zero-order valence-electron chi connectivity index (χ0n) is 14.5. The van der Waals surface area contributed by atoms with Gasteiger partial charge in [-0.25, -0.2) is 0 Å². The second kappa shape index (κ2) is 11.6. The van der Waals surface area contributed by atoms with Gasteiger partial charge in [0.25, 0.3) is 5.91 Å². The first-order chi connectivity index (χ1) is 11.7. The summed E-state index contributed by atoms with van der Waals surface area (Å²) in [6.45, 7) is 3.85. The fourth-order valence-corrected chi connectivity index (χ4v) is 2.16. The summed E-state index contributed by atoms with van der Waals surface area (Å²) in [7, 11) is 1.73. The minimum absolute atomic E-state index is 0. The van der Waals surface area contributed by atoms with Crippen LogP contribution >= 0.6 is 24.0 Å². The maximum absolute atomic E-state index is 11.9. The van der Waals surface area contributed by atoms with Gasteiger partial charge in [-0.05, 0) is 31.5 Å². The normalized spacial score (nSPS) is 10.9. The third kappa shape index (κ3) is 7.20. The molecule has 8 heteroatoms. The Morgan fingerprint density at radius 1 is 1.08 bits per heavy atom. The van der Waals surface area contributed by atoms with E-state index < -0.39 is 0 Å². The summed E-state index contributed by atoms with van der Waals surface area (Å²) in [6.07, 6.45) is 4.77. The number of carbonyl (C=O) groups is 1. The molecule has 2 aromatic heterocycles. The Morgan fingerprint density at radius 2 is 1.84 bits per heavy atom. The number of rotatable bonds is 8. The third-order valence-corrected chi connectivity index (χ3v) is 3.47. The first-order valence-electron chi connectivity index (χ1n) is 8.00. The van der Waals surface area contributed by atoms with Gasteiger partial charge in [0.2, 0.25) is 0 Å². The lowest BCUT2D eigenvalue weighted by molar-refractivity contribution is 0.0925. The van der Waals surface area contributed by atoms with Crippen molar-refractivity contribution in [1.29, 1.82) is 0 Å². The van der Waals surface area contributed by atoms with E-state index in [-0.39, 0.29) is 29.9 Å². The SMILES string of the molecule is CN=C(NCCCNC(=O)c1occc1C)NCCc1ccco1.I. The summed E-state index contributed by atoms with van der Waals surface area (Å²) in [5, 5.41) is 9.25. The van der Waals surface area contributed by atoms with Gasteiger partial charge in [0, 0.05) is 38.7 Å². The van der Waals surface area contributed by atoms with Crippen LogP contribution in [0.3, 0.4) is 0 Å². The van der Waals surface area contributed by atoms with E-state index in [9.17, 15) is 4.79 Å². The predicted octanol–water partition coefficient (Wildman–Crippen LogP) is 2.33. The van der Waals surface area contributed by atoms with Gasteiger partial charge in [-0.15, -0.1) is 24.0 Å². The van der Waals surface area contributed by atoms with Crippen LogP contribution in [0.4, 0.5) is 0 Å². The molecule has 0 aromatic carbocycles. The van der Waals surface area contributed by atoms with Crippen molar-refractivity contribution in [3.8, 4) is 0 Å². The number of amides is 1. The summed E-state index contributed by atoms with van der Waals surface area (Å²) in [4.78, 5) is 16.0. The molecule has 0 saturated carbocycles. The van der Waals surface area contributed by atoms with Gasteiger partial charge in [0.1, 0.15) is 5.76 Å². The topological polar surface area (TPSA) is 91.8 Å². The van der Waals surface area contributed by atoms with E-state index in [1.165, 1.54) is 6.26 Å².